The van der Waals surface area contributed by atoms with Crippen LogP contribution < -0.4 is 5.32 Å². The van der Waals surface area contributed by atoms with E-state index in [-0.39, 0.29) is 17.9 Å². The fraction of sp³-hybridized carbons (Fsp3) is 0.273. The molecule has 2 amide bonds. The zero-order valence-corrected chi connectivity index (χ0v) is 25.3. The number of likely N-dealkylation sites (N-methyl/N-ethyl adjacent to an activating group) is 1. The Labute approximate surface area is 253 Å². The van der Waals surface area contributed by atoms with E-state index in [4.69, 9.17) is 5.11 Å². The molecule has 3 aromatic rings. The average Bonchev–Trinajstić information content (AvgIpc) is 3.00. The number of aromatic nitrogens is 1. The molecule has 0 bridgehead atoms. The van der Waals surface area contributed by atoms with Crippen molar-refractivity contribution in [1.82, 2.24) is 9.88 Å². The van der Waals surface area contributed by atoms with Crippen molar-refractivity contribution in [2.45, 2.75) is 25.2 Å². The van der Waals surface area contributed by atoms with E-state index in [2.05, 4.69) is 26.5 Å². The van der Waals surface area contributed by atoms with Crippen LogP contribution in [0, 0.1) is 17.8 Å². The van der Waals surface area contributed by atoms with Crippen molar-refractivity contribution in [2.24, 2.45) is 10.3 Å². The van der Waals surface area contributed by atoms with Crippen LogP contribution in [0.15, 0.2) is 94.5 Å². The lowest BCUT2D eigenvalue weighted by Crippen LogP contribution is -2.27. The number of hydrogen-bond donors (Lipinski definition) is 2. The van der Waals surface area contributed by atoms with Gasteiger partial charge in [0.25, 0.3) is 11.8 Å². The molecule has 224 valence electrons. The first-order chi connectivity index (χ1) is 20.6. The topological polar surface area (TPSA) is 129 Å². The van der Waals surface area contributed by atoms with Gasteiger partial charge in [-0.3, -0.25) is 19.4 Å². The van der Waals surface area contributed by atoms with Crippen molar-refractivity contribution in [1.29, 1.82) is 0 Å². The number of hydrogen-bond acceptors (Lipinski definition) is 7. The molecule has 0 fully saturated rings. The Morgan fingerprint density at radius 1 is 1.05 bits per heavy atom. The van der Waals surface area contributed by atoms with Crippen LogP contribution in [0.2, 0.25) is 0 Å². The van der Waals surface area contributed by atoms with E-state index >= 15 is 0 Å². The normalized spacial score (nSPS) is 13.0. The van der Waals surface area contributed by atoms with Crippen molar-refractivity contribution in [3.05, 3.63) is 102 Å². The van der Waals surface area contributed by atoms with E-state index in [1.54, 1.807) is 86.7 Å². The quantitative estimate of drug-likeness (QED) is 0.181. The summed E-state index contributed by atoms with van der Waals surface area (Å²) in [6, 6.07) is 17.0. The Morgan fingerprint density at radius 3 is 2.51 bits per heavy atom. The Bertz CT molecular complexity index is 1650. The maximum absolute atomic E-state index is 14.0. The highest BCUT2D eigenvalue weighted by molar-refractivity contribution is 7.94. The fourth-order valence-electron chi connectivity index (χ4n) is 4.07. The number of nitrogens with one attached hydrogen (secondary N) is 1. The highest BCUT2D eigenvalue weighted by atomic mass is 32.2. The Hall–Kier alpha value is -4.43. The average molecular weight is 601 g/mol. The highest BCUT2D eigenvalue weighted by Gasteiger charge is 2.19. The number of allylic oxidation sites excluding steroid dienone is 2. The maximum Gasteiger partial charge on any atom is 0.292 e. The second-order valence-electron chi connectivity index (χ2n) is 9.86. The van der Waals surface area contributed by atoms with Crippen LogP contribution in [-0.2, 0) is 19.3 Å². The van der Waals surface area contributed by atoms with Crippen LogP contribution in [0.1, 0.15) is 41.8 Å². The number of benzene rings is 2. The van der Waals surface area contributed by atoms with Crippen molar-refractivity contribution in [3.8, 4) is 11.8 Å². The summed E-state index contributed by atoms with van der Waals surface area (Å²) in [5.41, 5.74) is 1.61. The lowest BCUT2D eigenvalue weighted by molar-refractivity contribution is -0.136. The second-order valence-corrected chi connectivity index (χ2v) is 12.2. The molecule has 0 aliphatic carbocycles. The maximum atomic E-state index is 14.0. The first-order valence-electron chi connectivity index (χ1n) is 13.8. The SMILES string of the molecule is C/C=C\C(C)C(=O)C(=O)Nc1cccc(C#Cc2cncc(C(=O)N=[S@](=O)(CCCN(C)CCO)c3ccccc3)c2)c1. The van der Waals surface area contributed by atoms with Crippen LogP contribution in [0.4, 0.5) is 5.69 Å². The smallest absolute Gasteiger partial charge is 0.292 e. The van der Waals surface area contributed by atoms with Gasteiger partial charge in [-0.25, -0.2) is 4.21 Å². The van der Waals surface area contributed by atoms with Crippen molar-refractivity contribution in [3.63, 3.8) is 0 Å². The number of rotatable bonds is 12. The van der Waals surface area contributed by atoms with Gasteiger partial charge in [-0.1, -0.05) is 55.2 Å². The van der Waals surface area contributed by atoms with Crippen LogP contribution in [-0.4, -0.2) is 69.3 Å². The van der Waals surface area contributed by atoms with Gasteiger partial charge in [0.1, 0.15) is 0 Å². The van der Waals surface area contributed by atoms with Gasteiger partial charge in [0.15, 0.2) is 0 Å². The number of aliphatic hydroxyl groups excluding tert-OH is 1. The van der Waals surface area contributed by atoms with Gasteiger partial charge in [0, 0.05) is 52.3 Å². The number of aliphatic hydroxyl groups is 1. The summed E-state index contributed by atoms with van der Waals surface area (Å²) in [6.45, 7) is 4.56. The van der Waals surface area contributed by atoms with E-state index in [0.717, 1.165) is 0 Å². The van der Waals surface area contributed by atoms with Gasteiger partial charge in [-0.05, 0) is 63.3 Å². The van der Waals surface area contributed by atoms with Gasteiger partial charge in [-0.15, -0.1) is 0 Å². The summed E-state index contributed by atoms with van der Waals surface area (Å²) in [4.78, 5) is 44.3. The predicted molar refractivity (Wildman–Crippen MR) is 168 cm³/mol. The van der Waals surface area contributed by atoms with Gasteiger partial charge in [-0.2, -0.15) is 4.36 Å². The molecule has 1 aromatic heterocycles. The Morgan fingerprint density at radius 2 is 1.79 bits per heavy atom. The zero-order chi connectivity index (χ0) is 31.2. The zero-order valence-electron chi connectivity index (χ0n) is 24.5. The number of pyridine rings is 1. The molecule has 0 saturated carbocycles. The van der Waals surface area contributed by atoms with Crippen molar-refractivity contribution in [2.75, 3.05) is 37.8 Å². The molecule has 1 unspecified atom stereocenters. The number of carbonyl (C=O) groups excluding carboxylic acids is 3. The molecule has 2 atom stereocenters. The molecule has 0 radical (unpaired) electrons. The Balaban J connectivity index is 1.80. The minimum absolute atomic E-state index is 0.0269. The first kappa shape index (κ1) is 33.1. The summed E-state index contributed by atoms with van der Waals surface area (Å²) < 4.78 is 18.2. The molecule has 2 N–H and O–H groups in total. The van der Waals surface area contributed by atoms with Crippen LogP contribution in [0.5, 0.6) is 0 Å². The van der Waals surface area contributed by atoms with Crippen LogP contribution in [0.3, 0.4) is 0 Å². The Kier molecular flexibility index (Phi) is 12.5. The lowest BCUT2D eigenvalue weighted by atomic mass is 10.1. The largest absolute Gasteiger partial charge is 0.395 e. The second kappa shape index (κ2) is 16.3. The molecule has 9 nitrogen and oxygen atoms in total. The number of Topliss-reactive ketones (excluding diaryl/α,β-unsaturated/α-hetero) is 1. The van der Waals surface area contributed by atoms with E-state index in [1.165, 1.54) is 12.4 Å². The summed E-state index contributed by atoms with van der Waals surface area (Å²) in [5, 5.41) is 11.7. The van der Waals surface area contributed by atoms with Crippen LogP contribution >= 0.6 is 0 Å². The van der Waals surface area contributed by atoms with Gasteiger partial charge >= 0.3 is 0 Å². The molecular formula is C33H36N4O5S. The summed E-state index contributed by atoms with van der Waals surface area (Å²) in [6.07, 6.45) is 6.76. The monoisotopic (exact) mass is 600 g/mol. The third kappa shape index (κ3) is 10.1. The number of carbonyl (C=O) groups is 3. The van der Waals surface area contributed by atoms with E-state index < -0.39 is 33.2 Å². The fourth-order valence-corrected chi connectivity index (χ4v) is 5.98. The summed E-state index contributed by atoms with van der Waals surface area (Å²) >= 11 is 0. The molecule has 43 heavy (non-hydrogen) atoms. The molecule has 0 aliphatic rings. The van der Waals surface area contributed by atoms with Gasteiger partial charge in [0.05, 0.1) is 21.9 Å². The summed E-state index contributed by atoms with van der Waals surface area (Å²) in [7, 11) is -1.20. The van der Waals surface area contributed by atoms with Crippen molar-refractivity contribution < 1.29 is 23.7 Å². The van der Waals surface area contributed by atoms with E-state index in [1.807, 2.05) is 11.9 Å². The molecule has 3 rings (SSSR count). The number of anilines is 1. The van der Waals surface area contributed by atoms with Gasteiger partial charge in [0.2, 0.25) is 5.78 Å². The summed E-state index contributed by atoms with van der Waals surface area (Å²) in [5.74, 6) is 3.68. The van der Waals surface area contributed by atoms with Crippen LogP contribution in [0.25, 0.3) is 0 Å². The third-order valence-corrected chi connectivity index (χ3v) is 8.67. The minimum Gasteiger partial charge on any atom is -0.395 e. The molecule has 0 aliphatic heterocycles. The standard InChI is InChI=1S/C33H36N4O5S/c1-4-10-25(2)31(39)33(41)35-29-12-8-11-26(22-29)15-16-27-21-28(24-34-23-27)32(40)36-43(42,30-13-6-5-7-14-30)20-9-17-37(3)18-19-38/h4-8,10-14,21-25,38H,9,17-20H2,1-3H3,(H,35,41)/b10-4-/t25?,43-/m0/s1. The van der Waals surface area contributed by atoms with E-state index in [0.29, 0.717) is 41.2 Å². The van der Waals surface area contributed by atoms with E-state index in [9.17, 15) is 18.6 Å². The molecule has 2 aromatic carbocycles. The molecule has 0 spiro atoms. The lowest BCUT2D eigenvalue weighted by Gasteiger charge is -2.16. The third-order valence-electron chi connectivity index (χ3n) is 6.36. The van der Waals surface area contributed by atoms with Gasteiger partial charge < -0.3 is 15.3 Å². The molecular weight excluding hydrogens is 564 g/mol. The number of amides is 2. The highest BCUT2D eigenvalue weighted by Crippen LogP contribution is 2.18. The predicted octanol–water partition coefficient (Wildman–Crippen LogP) is 4.18. The molecule has 1 heterocycles. The van der Waals surface area contributed by atoms with Crippen molar-refractivity contribution >= 4 is 33.0 Å². The molecule has 0 saturated heterocycles. The molecule has 10 heteroatoms. The minimum atomic E-state index is -3.06. The number of nitrogens with zero attached hydrogens (tertiary/aromatic N) is 3. The number of ketones is 1. The first-order valence-corrected chi connectivity index (χ1v) is 15.5.